The van der Waals surface area contributed by atoms with Crippen LogP contribution in [0.4, 0.5) is 4.39 Å². The van der Waals surface area contributed by atoms with Gasteiger partial charge in [0, 0.05) is 5.56 Å². The van der Waals surface area contributed by atoms with E-state index in [-0.39, 0.29) is 11.0 Å². The molecule has 0 aliphatic carbocycles. The third kappa shape index (κ3) is 1.94. The SMILES string of the molecule is Cc1cc(F)c(C=O)cc1B(O)O. The highest BCUT2D eigenvalue weighted by molar-refractivity contribution is 6.59. The average Bonchev–Trinajstić information content (AvgIpc) is 2.03. The van der Waals surface area contributed by atoms with Crippen LogP contribution in [-0.2, 0) is 0 Å². The van der Waals surface area contributed by atoms with E-state index >= 15 is 0 Å². The molecule has 68 valence electrons. The van der Waals surface area contributed by atoms with Crippen molar-refractivity contribution in [1.29, 1.82) is 0 Å². The molecule has 1 aromatic carbocycles. The van der Waals surface area contributed by atoms with Crippen molar-refractivity contribution in [3.8, 4) is 0 Å². The molecule has 13 heavy (non-hydrogen) atoms. The summed E-state index contributed by atoms with van der Waals surface area (Å²) in [4.78, 5) is 10.3. The Kier molecular flexibility index (Phi) is 2.80. The van der Waals surface area contributed by atoms with Crippen LogP contribution in [0.15, 0.2) is 12.1 Å². The maximum atomic E-state index is 12.9. The smallest absolute Gasteiger partial charge is 0.423 e. The zero-order valence-electron chi connectivity index (χ0n) is 6.99. The average molecular weight is 182 g/mol. The zero-order chi connectivity index (χ0) is 10.0. The fraction of sp³-hybridized carbons (Fsp3) is 0.125. The molecule has 5 heteroatoms. The van der Waals surface area contributed by atoms with Crippen molar-refractivity contribution in [1.82, 2.24) is 0 Å². The summed E-state index contributed by atoms with van der Waals surface area (Å²) in [6.45, 7) is 1.53. The van der Waals surface area contributed by atoms with Crippen LogP contribution in [0.25, 0.3) is 0 Å². The van der Waals surface area contributed by atoms with Gasteiger partial charge in [0.25, 0.3) is 0 Å². The molecule has 1 aromatic rings. The van der Waals surface area contributed by atoms with Gasteiger partial charge >= 0.3 is 7.12 Å². The topological polar surface area (TPSA) is 57.5 Å². The highest BCUT2D eigenvalue weighted by atomic mass is 19.1. The lowest BCUT2D eigenvalue weighted by Crippen LogP contribution is -2.32. The minimum absolute atomic E-state index is 0.142. The molecule has 2 N–H and O–H groups in total. The summed E-state index contributed by atoms with van der Waals surface area (Å²) in [6.07, 6.45) is 0.334. The Balaban J connectivity index is 3.30. The molecule has 0 spiro atoms. The summed E-state index contributed by atoms with van der Waals surface area (Å²) in [5.41, 5.74) is 0.371. The lowest BCUT2D eigenvalue weighted by Gasteiger charge is -2.05. The van der Waals surface area contributed by atoms with Gasteiger partial charge in [0.15, 0.2) is 6.29 Å². The molecule has 3 nitrogen and oxygen atoms in total. The fourth-order valence-electron chi connectivity index (χ4n) is 1.08. The van der Waals surface area contributed by atoms with Crippen LogP contribution >= 0.6 is 0 Å². The minimum atomic E-state index is -1.68. The van der Waals surface area contributed by atoms with Crippen molar-refractivity contribution in [3.05, 3.63) is 29.1 Å². The number of benzene rings is 1. The predicted molar refractivity (Wildman–Crippen MR) is 46.4 cm³/mol. The Morgan fingerprint density at radius 1 is 1.46 bits per heavy atom. The van der Waals surface area contributed by atoms with E-state index in [9.17, 15) is 9.18 Å². The van der Waals surface area contributed by atoms with Crippen LogP contribution in [0.5, 0.6) is 0 Å². The molecule has 0 atom stereocenters. The van der Waals surface area contributed by atoms with E-state index < -0.39 is 12.9 Å². The number of hydrogen-bond donors (Lipinski definition) is 2. The molecule has 0 saturated heterocycles. The monoisotopic (exact) mass is 182 g/mol. The Bertz CT molecular complexity index is 338. The van der Waals surface area contributed by atoms with Crippen molar-refractivity contribution in [2.24, 2.45) is 0 Å². The van der Waals surface area contributed by atoms with Crippen molar-refractivity contribution in [2.75, 3.05) is 0 Å². The standard InChI is InChI=1S/C8H8BFO3/c1-5-2-8(10)6(4-11)3-7(5)9(12)13/h2-4,12-13H,1H3. The largest absolute Gasteiger partial charge is 0.488 e. The lowest BCUT2D eigenvalue weighted by atomic mass is 9.76. The first-order chi connectivity index (χ1) is 6.06. The molecular weight excluding hydrogens is 174 g/mol. The van der Waals surface area contributed by atoms with Gasteiger partial charge in [0.2, 0.25) is 0 Å². The van der Waals surface area contributed by atoms with Gasteiger partial charge in [-0.1, -0.05) is 0 Å². The second-order valence-electron chi connectivity index (χ2n) is 2.72. The van der Waals surface area contributed by atoms with Gasteiger partial charge in [-0.05, 0) is 30.1 Å². The van der Waals surface area contributed by atoms with Crippen molar-refractivity contribution >= 4 is 18.9 Å². The van der Waals surface area contributed by atoms with Crippen molar-refractivity contribution in [3.63, 3.8) is 0 Å². The predicted octanol–water partition coefficient (Wildman–Crippen LogP) is -0.374. The molecule has 0 heterocycles. The van der Waals surface area contributed by atoms with Crippen LogP contribution in [-0.4, -0.2) is 23.5 Å². The minimum Gasteiger partial charge on any atom is -0.423 e. The maximum Gasteiger partial charge on any atom is 0.488 e. The summed E-state index contributed by atoms with van der Waals surface area (Å²) in [5.74, 6) is -0.656. The van der Waals surface area contributed by atoms with Crippen LogP contribution in [0.2, 0.25) is 0 Å². The van der Waals surface area contributed by atoms with Gasteiger partial charge < -0.3 is 10.0 Å². The second kappa shape index (κ2) is 3.68. The molecule has 0 aromatic heterocycles. The molecule has 0 amide bonds. The van der Waals surface area contributed by atoms with Gasteiger partial charge in [0.1, 0.15) is 5.82 Å². The van der Waals surface area contributed by atoms with Gasteiger partial charge in [-0.25, -0.2) is 4.39 Å². The van der Waals surface area contributed by atoms with E-state index in [2.05, 4.69) is 0 Å². The Hall–Kier alpha value is -1.20. The van der Waals surface area contributed by atoms with Crippen LogP contribution in [0, 0.1) is 12.7 Å². The first-order valence-electron chi connectivity index (χ1n) is 3.67. The Labute approximate surface area is 75.0 Å². The third-order valence-electron chi connectivity index (χ3n) is 1.79. The number of halogens is 1. The van der Waals surface area contributed by atoms with Crippen LogP contribution in [0.3, 0.4) is 0 Å². The van der Waals surface area contributed by atoms with Gasteiger partial charge in [-0.15, -0.1) is 0 Å². The molecule has 0 unspecified atom stereocenters. The number of carbonyl (C=O) groups is 1. The van der Waals surface area contributed by atoms with Crippen molar-refractivity contribution in [2.45, 2.75) is 6.92 Å². The number of carbonyl (C=O) groups excluding carboxylic acids is 1. The van der Waals surface area contributed by atoms with E-state index in [0.717, 1.165) is 12.1 Å². The Morgan fingerprint density at radius 3 is 2.54 bits per heavy atom. The number of rotatable bonds is 2. The fourth-order valence-corrected chi connectivity index (χ4v) is 1.08. The van der Waals surface area contributed by atoms with Crippen LogP contribution in [0.1, 0.15) is 15.9 Å². The zero-order valence-corrected chi connectivity index (χ0v) is 6.99. The van der Waals surface area contributed by atoms with E-state index in [1.807, 2.05) is 0 Å². The van der Waals surface area contributed by atoms with Crippen LogP contribution < -0.4 is 5.46 Å². The summed E-state index contributed by atoms with van der Waals surface area (Å²) in [6, 6.07) is 2.22. The summed E-state index contributed by atoms with van der Waals surface area (Å²) >= 11 is 0. The third-order valence-corrected chi connectivity index (χ3v) is 1.79. The molecule has 1 rings (SSSR count). The normalized spacial score (nSPS) is 9.85. The lowest BCUT2D eigenvalue weighted by molar-refractivity contribution is 0.112. The quantitative estimate of drug-likeness (QED) is 0.484. The molecule has 0 saturated carbocycles. The first-order valence-corrected chi connectivity index (χ1v) is 3.67. The molecule has 0 aliphatic rings. The van der Waals surface area contributed by atoms with E-state index in [1.54, 1.807) is 0 Å². The summed E-state index contributed by atoms with van der Waals surface area (Å²) in [5, 5.41) is 17.7. The molecular formula is C8H8BFO3. The highest BCUT2D eigenvalue weighted by Crippen LogP contribution is 2.06. The second-order valence-corrected chi connectivity index (χ2v) is 2.72. The summed E-state index contributed by atoms with van der Waals surface area (Å²) < 4.78 is 12.9. The number of hydrogen-bond acceptors (Lipinski definition) is 3. The van der Waals surface area contributed by atoms with Gasteiger partial charge in [-0.2, -0.15) is 0 Å². The Morgan fingerprint density at radius 2 is 2.08 bits per heavy atom. The highest BCUT2D eigenvalue weighted by Gasteiger charge is 2.16. The molecule has 0 bridgehead atoms. The van der Waals surface area contributed by atoms with E-state index in [0.29, 0.717) is 11.8 Å². The molecule has 0 fully saturated rings. The van der Waals surface area contributed by atoms with E-state index in [4.69, 9.17) is 10.0 Å². The summed E-state index contributed by atoms with van der Waals surface area (Å²) in [7, 11) is -1.68. The molecule has 0 radical (unpaired) electrons. The van der Waals surface area contributed by atoms with Gasteiger partial charge in [-0.3, -0.25) is 4.79 Å². The van der Waals surface area contributed by atoms with Crippen molar-refractivity contribution < 1.29 is 19.2 Å². The maximum absolute atomic E-state index is 12.9. The molecule has 0 aliphatic heterocycles. The number of aryl methyl sites for hydroxylation is 1. The first kappa shape index (κ1) is 9.89. The van der Waals surface area contributed by atoms with Gasteiger partial charge in [0.05, 0.1) is 0 Å². The van der Waals surface area contributed by atoms with E-state index in [1.165, 1.54) is 6.92 Å². The number of aldehydes is 1.